The van der Waals surface area contributed by atoms with Gasteiger partial charge in [-0.05, 0) is 31.4 Å². The lowest BCUT2D eigenvalue weighted by molar-refractivity contribution is -0.138. The third-order valence-corrected chi connectivity index (χ3v) is 5.61. The SMILES string of the molecule is CNC(=O)[C@]12CCOC[C@H]1CN(C(=O)c1cccn1C1CC1)C2. The summed E-state index contributed by atoms with van der Waals surface area (Å²) in [5.41, 5.74) is 0.263. The number of carbonyl (C=O) groups excluding carboxylic acids is 2. The third-order valence-electron chi connectivity index (χ3n) is 5.61. The molecule has 1 aromatic heterocycles. The largest absolute Gasteiger partial charge is 0.381 e. The Morgan fingerprint density at radius 1 is 1.39 bits per heavy atom. The number of hydrogen-bond acceptors (Lipinski definition) is 3. The van der Waals surface area contributed by atoms with Crippen molar-refractivity contribution < 1.29 is 14.3 Å². The van der Waals surface area contributed by atoms with Gasteiger partial charge >= 0.3 is 0 Å². The molecule has 0 aromatic carbocycles. The van der Waals surface area contributed by atoms with E-state index in [1.165, 1.54) is 0 Å². The van der Waals surface area contributed by atoms with Crippen molar-refractivity contribution >= 4 is 11.8 Å². The van der Waals surface area contributed by atoms with Crippen LogP contribution in [0.2, 0.25) is 0 Å². The van der Waals surface area contributed by atoms with Gasteiger partial charge in [0.2, 0.25) is 5.91 Å². The minimum Gasteiger partial charge on any atom is -0.381 e. The summed E-state index contributed by atoms with van der Waals surface area (Å²) in [4.78, 5) is 27.3. The van der Waals surface area contributed by atoms with Crippen LogP contribution in [-0.2, 0) is 9.53 Å². The molecule has 6 heteroatoms. The molecule has 2 atom stereocenters. The molecule has 2 saturated heterocycles. The average Bonchev–Trinajstić information content (AvgIpc) is 3.16. The molecule has 3 heterocycles. The molecule has 124 valence electrons. The number of ether oxygens (including phenoxy) is 1. The Kier molecular flexibility index (Phi) is 3.44. The van der Waals surface area contributed by atoms with Crippen LogP contribution in [0.25, 0.3) is 0 Å². The Bertz CT molecular complexity index is 637. The molecule has 3 aliphatic rings. The minimum absolute atomic E-state index is 0.0404. The number of fused-ring (bicyclic) bond motifs is 1. The first-order valence-electron chi connectivity index (χ1n) is 8.42. The van der Waals surface area contributed by atoms with Gasteiger partial charge in [0.05, 0.1) is 12.0 Å². The second-order valence-electron chi connectivity index (χ2n) is 6.97. The standard InChI is InChI=1S/C17H23N3O3/c1-18-16(22)17-6-8-23-10-12(17)9-19(11-17)15(21)14-3-2-7-20(14)13-4-5-13/h2-3,7,12-13H,4-6,8-11H2,1H3,(H,18,22)/t12-,17+/m1/s1. The molecule has 0 radical (unpaired) electrons. The number of carbonyl (C=O) groups is 2. The number of hydrogen-bond donors (Lipinski definition) is 1. The Labute approximate surface area is 135 Å². The molecule has 1 aromatic rings. The van der Waals surface area contributed by atoms with Crippen molar-refractivity contribution in [3.05, 3.63) is 24.0 Å². The predicted octanol–water partition coefficient (Wildman–Crippen LogP) is 1.05. The summed E-state index contributed by atoms with van der Waals surface area (Å²) in [5, 5.41) is 2.79. The highest BCUT2D eigenvalue weighted by molar-refractivity contribution is 5.94. The third kappa shape index (κ3) is 2.27. The quantitative estimate of drug-likeness (QED) is 0.906. The number of likely N-dealkylation sites (tertiary alicyclic amines) is 1. The first-order valence-corrected chi connectivity index (χ1v) is 8.42. The molecule has 3 fully saturated rings. The Balaban J connectivity index is 1.59. The number of nitrogens with zero attached hydrogens (tertiary/aromatic N) is 2. The van der Waals surface area contributed by atoms with Gasteiger partial charge in [0, 0.05) is 44.9 Å². The van der Waals surface area contributed by atoms with Crippen molar-refractivity contribution in [3.8, 4) is 0 Å². The van der Waals surface area contributed by atoms with Gasteiger partial charge in [0.25, 0.3) is 5.91 Å². The van der Waals surface area contributed by atoms with Crippen LogP contribution in [0.3, 0.4) is 0 Å². The lowest BCUT2D eigenvalue weighted by Crippen LogP contribution is -2.49. The van der Waals surface area contributed by atoms with Crippen molar-refractivity contribution in [1.29, 1.82) is 0 Å². The van der Waals surface area contributed by atoms with Crippen LogP contribution in [0.4, 0.5) is 0 Å². The highest BCUT2D eigenvalue weighted by Crippen LogP contribution is 2.43. The molecule has 6 nitrogen and oxygen atoms in total. The van der Waals surface area contributed by atoms with Gasteiger partial charge in [-0.25, -0.2) is 0 Å². The smallest absolute Gasteiger partial charge is 0.270 e. The Hall–Kier alpha value is -1.82. The van der Waals surface area contributed by atoms with E-state index in [1.54, 1.807) is 7.05 Å². The van der Waals surface area contributed by atoms with Gasteiger partial charge in [-0.2, -0.15) is 0 Å². The van der Waals surface area contributed by atoms with E-state index in [9.17, 15) is 9.59 Å². The Morgan fingerprint density at radius 3 is 2.96 bits per heavy atom. The Morgan fingerprint density at radius 2 is 2.22 bits per heavy atom. The normalized spacial score (nSPS) is 30.1. The molecule has 0 bridgehead atoms. The maximum Gasteiger partial charge on any atom is 0.270 e. The molecule has 1 N–H and O–H groups in total. The van der Waals surface area contributed by atoms with Gasteiger partial charge in [-0.15, -0.1) is 0 Å². The number of amides is 2. The molecule has 0 unspecified atom stereocenters. The van der Waals surface area contributed by atoms with E-state index in [-0.39, 0.29) is 17.7 Å². The lowest BCUT2D eigenvalue weighted by Gasteiger charge is -2.36. The van der Waals surface area contributed by atoms with Crippen LogP contribution in [-0.4, -0.2) is 54.6 Å². The first kappa shape index (κ1) is 14.8. The topological polar surface area (TPSA) is 63.6 Å². The van der Waals surface area contributed by atoms with Crippen LogP contribution in [0.15, 0.2) is 18.3 Å². The zero-order chi connectivity index (χ0) is 16.0. The van der Waals surface area contributed by atoms with Gasteiger partial charge in [-0.1, -0.05) is 0 Å². The van der Waals surface area contributed by atoms with E-state index in [1.807, 2.05) is 23.2 Å². The summed E-state index contributed by atoms with van der Waals surface area (Å²) in [5.74, 6) is 0.169. The van der Waals surface area contributed by atoms with Crippen LogP contribution < -0.4 is 5.32 Å². The fourth-order valence-electron chi connectivity index (χ4n) is 4.13. The summed E-state index contributed by atoms with van der Waals surface area (Å²) < 4.78 is 7.66. The van der Waals surface area contributed by atoms with Crippen molar-refractivity contribution in [2.24, 2.45) is 11.3 Å². The van der Waals surface area contributed by atoms with Crippen LogP contribution in [0, 0.1) is 11.3 Å². The fourth-order valence-corrected chi connectivity index (χ4v) is 4.13. The van der Waals surface area contributed by atoms with Crippen molar-refractivity contribution in [1.82, 2.24) is 14.8 Å². The predicted molar refractivity (Wildman–Crippen MR) is 84.0 cm³/mol. The van der Waals surface area contributed by atoms with Gasteiger partial charge in [0.15, 0.2) is 0 Å². The minimum atomic E-state index is -0.486. The number of rotatable bonds is 3. The summed E-state index contributed by atoms with van der Waals surface area (Å²) in [6.45, 7) is 2.24. The van der Waals surface area contributed by atoms with E-state index in [0.29, 0.717) is 38.8 Å². The van der Waals surface area contributed by atoms with Gasteiger partial charge in [0.1, 0.15) is 5.69 Å². The second kappa shape index (κ2) is 5.37. The molecule has 4 rings (SSSR count). The average molecular weight is 317 g/mol. The van der Waals surface area contributed by atoms with E-state index in [4.69, 9.17) is 4.74 Å². The van der Waals surface area contributed by atoms with Crippen molar-refractivity contribution in [2.75, 3.05) is 33.4 Å². The molecular weight excluding hydrogens is 294 g/mol. The van der Waals surface area contributed by atoms with Crippen LogP contribution >= 0.6 is 0 Å². The van der Waals surface area contributed by atoms with Crippen LogP contribution in [0.1, 0.15) is 35.8 Å². The van der Waals surface area contributed by atoms with Crippen LogP contribution in [0.5, 0.6) is 0 Å². The molecule has 0 spiro atoms. The van der Waals surface area contributed by atoms with Gasteiger partial charge in [-0.3, -0.25) is 9.59 Å². The number of nitrogens with one attached hydrogen (secondary N) is 1. The molecular formula is C17H23N3O3. The van der Waals surface area contributed by atoms with E-state index >= 15 is 0 Å². The highest BCUT2D eigenvalue weighted by atomic mass is 16.5. The monoisotopic (exact) mass is 317 g/mol. The van der Waals surface area contributed by atoms with Crippen molar-refractivity contribution in [2.45, 2.75) is 25.3 Å². The molecule has 23 heavy (non-hydrogen) atoms. The number of aromatic nitrogens is 1. The summed E-state index contributed by atoms with van der Waals surface area (Å²) in [7, 11) is 1.67. The summed E-state index contributed by atoms with van der Waals surface area (Å²) >= 11 is 0. The zero-order valence-corrected chi connectivity index (χ0v) is 13.5. The lowest BCUT2D eigenvalue weighted by atomic mass is 9.73. The molecule has 1 aliphatic carbocycles. The maximum absolute atomic E-state index is 13.0. The second-order valence-corrected chi connectivity index (χ2v) is 6.97. The van der Waals surface area contributed by atoms with E-state index < -0.39 is 5.41 Å². The molecule has 2 aliphatic heterocycles. The highest BCUT2D eigenvalue weighted by Gasteiger charge is 2.54. The fraction of sp³-hybridized carbons (Fsp3) is 0.647. The van der Waals surface area contributed by atoms with Gasteiger partial charge < -0.3 is 19.5 Å². The van der Waals surface area contributed by atoms with E-state index in [2.05, 4.69) is 9.88 Å². The van der Waals surface area contributed by atoms with Crippen molar-refractivity contribution in [3.63, 3.8) is 0 Å². The first-order chi connectivity index (χ1) is 11.2. The molecule has 1 saturated carbocycles. The van der Waals surface area contributed by atoms with E-state index in [0.717, 1.165) is 18.5 Å². The zero-order valence-electron chi connectivity index (χ0n) is 13.5. The summed E-state index contributed by atoms with van der Waals surface area (Å²) in [6, 6.07) is 4.31. The maximum atomic E-state index is 13.0. The summed E-state index contributed by atoms with van der Waals surface area (Å²) in [6.07, 6.45) is 4.97. The molecule has 2 amide bonds.